The number of methoxy groups -OCH3 is 1. The Labute approximate surface area is 177 Å². The summed E-state index contributed by atoms with van der Waals surface area (Å²) < 4.78 is 18.5. The number of para-hydroxylation sites is 1. The molecule has 1 saturated heterocycles. The van der Waals surface area contributed by atoms with E-state index in [9.17, 15) is 14.0 Å². The van der Waals surface area contributed by atoms with Crippen molar-refractivity contribution in [2.45, 2.75) is 32.7 Å². The molecule has 3 rings (SSSR count). The fourth-order valence-corrected chi connectivity index (χ4v) is 4.12. The highest BCUT2D eigenvalue weighted by molar-refractivity contribution is 5.94. The Balaban J connectivity index is 1.54. The van der Waals surface area contributed by atoms with Crippen LogP contribution in [0.1, 0.15) is 42.1 Å². The number of hydrogen-bond acceptors (Lipinski definition) is 3. The van der Waals surface area contributed by atoms with Crippen LogP contribution in [0, 0.1) is 17.7 Å². The van der Waals surface area contributed by atoms with Gasteiger partial charge in [0, 0.05) is 37.2 Å². The maximum atomic E-state index is 13.1. The van der Waals surface area contributed by atoms with E-state index in [4.69, 9.17) is 4.74 Å². The van der Waals surface area contributed by atoms with Gasteiger partial charge in [0.1, 0.15) is 11.6 Å². The fourth-order valence-electron chi connectivity index (χ4n) is 4.12. The van der Waals surface area contributed by atoms with Crippen LogP contribution in [0.15, 0.2) is 48.5 Å². The van der Waals surface area contributed by atoms with Crippen molar-refractivity contribution in [3.05, 3.63) is 65.5 Å². The van der Waals surface area contributed by atoms with E-state index in [1.807, 2.05) is 29.2 Å². The molecule has 160 valence electrons. The summed E-state index contributed by atoms with van der Waals surface area (Å²) in [6.07, 6.45) is 2.14. The van der Waals surface area contributed by atoms with E-state index in [1.165, 1.54) is 24.3 Å². The van der Waals surface area contributed by atoms with E-state index in [2.05, 4.69) is 12.2 Å². The van der Waals surface area contributed by atoms with Crippen LogP contribution in [0.5, 0.6) is 5.75 Å². The Morgan fingerprint density at radius 3 is 2.57 bits per heavy atom. The molecule has 0 bridgehead atoms. The summed E-state index contributed by atoms with van der Waals surface area (Å²) >= 11 is 0. The minimum atomic E-state index is -0.351. The highest BCUT2D eigenvalue weighted by Crippen LogP contribution is 2.30. The predicted octanol–water partition coefficient (Wildman–Crippen LogP) is 4.03. The summed E-state index contributed by atoms with van der Waals surface area (Å²) in [5.74, 6) is 0.855. The molecule has 1 N–H and O–H groups in total. The average Bonchev–Trinajstić information content (AvgIpc) is 2.78. The second-order valence-electron chi connectivity index (χ2n) is 7.77. The molecule has 1 heterocycles. The molecule has 2 aromatic carbocycles. The second kappa shape index (κ2) is 10.2. The molecule has 0 radical (unpaired) electrons. The average molecular weight is 413 g/mol. The van der Waals surface area contributed by atoms with E-state index in [0.29, 0.717) is 31.6 Å². The number of nitrogens with zero attached hydrogens (tertiary/aromatic N) is 1. The number of ether oxygens (including phenoxy) is 1. The van der Waals surface area contributed by atoms with Gasteiger partial charge in [-0.3, -0.25) is 9.59 Å². The Morgan fingerprint density at radius 2 is 1.87 bits per heavy atom. The summed E-state index contributed by atoms with van der Waals surface area (Å²) in [5, 5.41) is 3.00. The van der Waals surface area contributed by atoms with E-state index in [-0.39, 0.29) is 29.5 Å². The summed E-state index contributed by atoms with van der Waals surface area (Å²) in [5.41, 5.74) is 1.44. The van der Waals surface area contributed by atoms with Gasteiger partial charge in [0.25, 0.3) is 5.91 Å². The first-order chi connectivity index (χ1) is 14.5. The largest absolute Gasteiger partial charge is 0.496 e. The highest BCUT2D eigenvalue weighted by atomic mass is 19.1. The van der Waals surface area contributed by atoms with Crippen molar-refractivity contribution in [1.82, 2.24) is 10.2 Å². The lowest BCUT2D eigenvalue weighted by Gasteiger charge is -2.38. The molecule has 6 heteroatoms. The van der Waals surface area contributed by atoms with Crippen LogP contribution >= 0.6 is 0 Å². The van der Waals surface area contributed by atoms with Crippen LogP contribution < -0.4 is 10.1 Å². The lowest BCUT2D eigenvalue weighted by Crippen LogP contribution is -2.44. The van der Waals surface area contributed by atoms with Gasteiger partial charge in [0.15, 0.2) is 0 Å². The third-order valence-electron chi connectivity index (χ3n) is 5.91. The van der Waals surface area contributed by atoms with Crippen molar-refractivity contribution in [3.63, 3.8) is 0 Å². The van der Waals surface area contributed by atoms with Crippen LogP contribution in [0.4, 0.5) is 4.39 Å². The molecule has 0 saturated carbocycles. The lowest BCUT2D eigenvalue weighted by atomic mass is 9.81. The first kappa shape index (κ1) is 21.8. The van der Waals surface area contributed by atoms with Crippen molar-refractivity contribution in [3.8, 4) is 5.75 Å². The zero-order valence-corrected chi connectivity index (χ0v) is 17.6. The van der Waals surface area contributed by atoms with Crippen molar-refractivity contribution in [2.24, 2.45) is 11.8 Å². The fraction of sp³-hybridized carbons (Fsp3) is 0.417. The maximum Gasteiger partial charge on any atom is 0.253 e. The van der Waals surface area contributed by atoms with E-state index in [0.717, 1.165) is 24.2 Å². The monoisotopic (exact) mass is 412 g/mol. The molecule has 2 amide bonds. The van der Waals surface area contributed by atoms with Gasteiger partial charge in [0.05, 0.1) is 7.11 Å². The van der Waals surface area contributed by atoms with Crippen molar-refractivity contribution >= 4 is 11.8 Å². The van der Waals surface area contributed by atoms with Crippen LogP contribution in [-0.4, -0.2) is 36.9 Å². The Kier molecular flexibility index (Phi) is 7.44. The third kappa shape index (κ3) is 5.38. The van der Waals surface area contributed by atoms with Gasteiger partial charge in [-0.25, -0.2) is 4.39 Å². The van der Waals surface area contributed by atoms with E-state index >= 15 is 0 Å². The number of rotatable bonds is 7. The SMILES string of the molecule is CCC1CN(C(=O)c2ccc(F)cc2)CCC1CC(=O)NCc1ccccc1OC. The summed E-state index contributed by atoms with van der Waals surface area (Å²) in [7, 11) is 1.62. The van der Waals surface area contributed by atoms with Gasteiger partial charge in [0.2, 0.25) is 5.91 Å². The molecule has 1 aliphatic heterocycles. The lowest BCUT2D eigenvalue weighted by molar-refractivity contribution is -0.123. The second-order valence-corrected chi connectivity index (χ2v) is 7.77. The number of amides is 2. The van der Waals surface area contributed by atoms with Gasteiger partial charge in [-0.15, -0.1) is 0 Å². The van der Waals surface area contributed by atoms with Gasteiger partial charge in [-0.1, -0.05) is 31.5 Å². The molecular formula is C24H29FN2O3. The van der Waals surface area contributed by atoms with Crippen LogP contribution in [-0.2, 0) is 11.3 Å². The number of likely N-dealkylation sites (tertiary alicyclic amines) is 1. The zero-order chi connectivity index (χ0) is 21.5. The van der Waals surface area contributed by atoms with Gasteiger partial charge < -0.3 is 15.0 Å². The normalized spacial score (nSPS) is 18.7. The number of hydrogen-bond donors (Lipinski definition) is 1. The third-order valence-corrected chi connectivity index (χ3v) is 5.91. The summed E-state index contributed by atoms with van der Waals surface area (Å²) in [4.78, 5) is 27.1. The molecule has 1 fully saturated rings. The standard InChI is InChI=1S/C24H29FN2O3/c1-3-17-16-27(24(29)18-8-10-21(25)11-9-18)13-12-19(17)14-23(28)26-15-20-6-4-5-7-22(20)30-2/h4-11,17,19H,3,12-16H2,1-2H3,(H,26,28). The maximum absolute atomic E-state index is 13.1. The molecule has 30 heavy (non-hydrogen) atoms. The number of halogens is 1. The molecule has 1 aliphatic rings. The number of carbonyl (C=O) groups is 2. The Hall–Kier alpha value is -2.89. The molecule has 5 nitrogen and oxygen atoms in total. The van der Waals surface area contributed by atoms with E-state index < -0.39 is 0 Å². The molecule has 0 aliphatic carbocycles. The summed E-state index contributed by atoms with van der Waals surface area (Å²) in [6, 6.07) is 13.3. The number of nitrogens with one attached hydrogen (secondary N) is 1. The Bertz CT molecular complexity index is 869. The van der Waals surface area contributed by atoms with Gasteiger partial charge in [-0.05, 0) is 48.6 Å². The van der Waals surface area contributed by atoms with Crippen molar-refractivity contribution in [2.75, 3.05) is 20.2 Å². The molecule has 2 atom stereocenters. The predicted molar refractivity (Wildman–Crippen MR) is 114 cm³/mol. The zero-order valence-electron chi connectivity index (χ0n) is 17.6. The highest BCUT2D eigenvalue weighted by Gasteiger charge is 2.32. The van der Waals surface area contributed by atoms with Gasteiger partial charge in [-0.2, -0.15) is 0 Å². The van der Waals surface area contributed by atoms with E-state index in [1.54, 1.807) is 7.11 Å². The van der Waals surface area contributed by atoms with Crippen LogP contribution in [0.2, 0.25) is 0 Å². The van der Waals surface area contributed by atoms with Crippen molar-refractivity contribution < 1.29 is 18.7 Å². The quantitative estimate of drug-likeness (QED) is 0.747. The summed E-state index contributed by atoms with van der Waals surface area (Å²) in [6.45, 7) is 3.76. The first-order valence-electron chi connectivity index (χ1n) is 10.4. The molecule has 2 aromatic rings. The smallest absolute Gasteiger partial charge is 0.253 e. The molecular weight excluding hydrogens is 383 g/mol. The van der Waals surface area contributed by atoms with Crippen molar-refractivity contribution in [1.29, 1.82) is 0 Å². The minimum Gasteiger partial charge on any atom is -0.496 e. The number of benzene rings is 2. The number of piperidine rings is 1. The van der Waals surface area contributed by atoms with Gasteiger partial charge >= 0.3 is 0 Å². The minimum absolute atomic E-state index is 0.0164. The topological polar surface area (TPSA) is 58.6 Å². The van der Waals surface area contributed by atoms with Crippen LogP contribution in [0.25, 0.3) is 0 Å². The number of carbonyl (C=O) groups excluding carboxylic acids is 2. The molecule has 0 aromatic heterocycles. The van der Waals surface area contributed by atoms with Crippen LogP contribution in [0.3, 0.4) is 0 Å². The Morgan fingerprint density at radius 1 is 1.13 bits per heavy atom. The molecule has 0 spiro atoms. The first-order valence-corrected chi connectivity index (χ1v) is 10.4. The molecule has 2 unspecified atom stereocenters.